The van der Waals surface area contributed by atoms with Gasteiger partial charge in [0.25, 0.3) is 11.5 Å². The molecule has 0 saturated heterocycles. The lowest BCUT2D eigenvalue weighted by Gasteiger charge is -2.05. The predicted molar refractivity (Wildman–Crippen MR) is 71.1 cm³/mol. The molecule has 0 aliphatic carbocycles. The minimum Gasteiger partial charge on any atom is -0.494 e. The molecule has 0 unspecified atom stereocenters. The van der Waals surface area contributed by atoms with Crippen LogP contribution in [0.5, 0.6) is 5.88 Å². The second-order valence-corrected chi connectivity index (χ2v) is 4.29. The molecule has 0 saturated carbocycles. The van der Waals surface area contributed by atoms with Crippen LogP contribution in [0.25, 0.3) is 0 Å². The zero-order valence-electron chi connectivity index (χ0n) is 10.4. The van der Waals surface area contributed by atoms with Crippen molar-refractivity contribution in [1.82, 2.24) is 10.3 Å². The van der Waals surface area contributed by atoms with E-state index in [1.807, 2.05) is 31.2 Å². The second-order valence-electron chi connectivity index (χ2n) is 4.29. The molecule has 2 aromatic rings. The maximum absolute atomic E-state index is 11.8. The molecule has 0 fully saturated rings. The first-order chi connectivity index (χ1) is 9.04. The lowest BCUT2D eigenvalue weighted by atomic mass is 10.1. The minimum atomic E-state index is -0.513. The van der Waals surface area contributed by atoms with Crippen molar-refractivity contribution in [3.63, 3.8) is 0 Å². The fourth-order valence-corrected chi connectivity index (χ4v) is 1.65. The molecule has 1 aromatic heterocycles. The molecule has 5 nitrogen and oxygen atoms in total. The molecule has 3 N–H and O–H groups in total. The third-order valence-corrected chi connectivity index (χ3v) is 2.67. The van der Waals surface area contributed by atoms with Gasteiger partial charge in [0.05, 0.1) is 5.56 Å². The summed E-state index contributed by atoms with van der Waals surface area (Å²) in [6, 6.07) is 10.1. The van der Waals surface area contributed by atoms with Crippen LogP contribution in [-0.4, -0.2) is 16.0 Å². The molecule has 1 amide bonds. The molecule has 0 spiro atoms. The van der Waals surface area contributed by atoms with Crippen LogP contribution in [0.4, 0.5) is 0 Å². The fraction of sp³-hybridized carbons (Fsp3) is 0.143. The normalized spacial score (nSPS) is 10.2. The van der Waals surface area contributed by atoms with Crippen molar-refractivity contribution in [2.24, 2.45) is 0 Å². The lowest BCUT2D eigenvalue weighted by molar-refractivity contribution is 0.0950. The molecule has 98 valence electrons. The number of nitrogens with one attached hydrogen (secondary N) is 2. The van der Waals surface area contributed by atoms with E-state index in [1.54, 1.807) is 0 Å². The van der Waals surface area contributed by atoms with E-state index in [9.17, 15) is 14.7 Å². The molecule has 19 heavy (non-hydrogen) atoms. The van der Waals surface area contributed by atoms with Crippen molar-refractivity contribution in [3.8, 4) is 5.88 Å². The summed E-state index contributed by atoms with van der Waals surface area (Å²) in [6.07, 6.45) is 0. The zero-order valence-corrected chi connectivity index (χ0v) is 10.4. The maximum atomic E-state index is 11.8. The molecule has 0 bridgehead atoms. The Hall–Kier alpha value is -2.56. The molecule has 0 aliphatic heterocycles. The third-order valence-electron chi connectivity index (χ3n) is 2.67. The number of H-pyrrole nitrogens is 1. The summed E-state index contributed by atoms with van der Waals surface area (Å²) in [7, 11) is 0. The predicted octanol–water partition coefficient (Wildman–Crippen LogP) is 1.32. The topological polar surface area (TPSA) is 82.2 Å². The van der Waals surface area contributed by atoms with E-state index in [-0.39, 0.29) is 11.4 Å². The summed E-state index contributed by atoms with van der Waals surface area (Å²) in [5.74, 6) is -0.727. The number of hydrogen-bond acceptors (Lipinski definition) is 3. The highest BCUT2D eigenvalue weighted by Crippen LogP contribution is 2.06. The highest BCUT2D eigenvalue weighted by molar-refractivity contribution is 5.94. The minimum absolute atomic E-state index is 0.133. The summed E-state index contributed by atoms with van der Waals surface area (Å²) in [6.45, 7) is 2.36. The lowest BCUT2D eigenvalue weighted by Crippen LogP contribution is -2.24. The average molecular weight is 258 g/mol. The first-order valence-corrected chi connectivity index (χ1v) is 5.82. The Morgan fingerprint density at radius 2 is 1.95 bits per heavy atom. The molecule has 0 radical (unpaired) electrons. The highest BCUT2D eigenvalue weighted by Gasteiger charge is 2.07. The quantitative estimate of drug-likeness (QED) is 0.776. The number of benzene rings is 1. The summed E-state index contributed by atoms with van der Waals surface area (Å²) >= 11 is 0. The van der Waals surface area contributed by atoms with E-state index in [2.05, 4.69) is 10.3 Å². The second kappa shape index (κ2) is 5.39. The van der Waals surface area contributed by atoms with Crippen molar-refractivity contribution in [1.29, 1.82) is 0 Å². The van der Waals surface area contributed by atoms with E-state index in [0.717, 1.165) is 17.2 Å². The Bertz CT molecular complexity index is 644. The highest BCUT2D eigenvalue weighted by atomic mass is 16.3. The van der Waals surface area contributed by atoms with Gasteiger partial charge in [0.2, 0.25) is 0 Å². The molecule has 0 atom stereocenters. The van der Waals surface area contributed by atoms with Crippen LogP contribution in [-0.2, 0) is 6.54 Å². The van der Waals surface area contributed by atoms with Crippen LogP contribution in [0.2, 0.25) is 0 Å². The van der Waals surface area contributed by atoms with E-state index in [1.165, 1.54) is 6.07 Å². The van der Waals surface area contributed by atoms with Gasteiger partial charge in [-0.3, -0.25) is 14.6 Å². The fourth-order valence-electron chi connectivity index (χ4n) is 1.65. The first kappa shape index (κ1) is 12.9. The number of hydrogen-bond donors (Lipinski definition) is 3. The zero-order chi connectivity index (χ0) is 13.8. The third kappa shape index (κ3) is 3.45. The van der Waals surface area contributed by atoms with Gasteiger partial charge < -0.3 is 10.4 Å². The average Bonchev–Trinajstić information content (AvgIpc) is 2.36. The van der Waals surface area contributed by atoms with Gasteiger partial charge in [-0.1, -0.05) is 29.8 Å². The number of carbonyl (C=O) groups is 1. The van der Waals surface area contributed by atoms with Crippen molar-refractivity contribution in [3.05, 3.63) is 63.4 Å². The summed E-state index contributed by atoms with van der Waals surface area (Å²) in [4.78, 5) is 25.1. The summed E-state index contributed by atoms with van der Waals surface area (Å²) in [5, 5.41) is 11.9. The van der Waals surface area contributed by atoms with Crippen LogP contribution in [0.1, 0.15) is 21.5 Å². The summed E-state index contributed by atoms with van der Waals surface area (Å²) in [5.41, 5.74) is 1.73. The number of rotatable bonds is 3. The van der Waals surface area contributed by atoms with Gasteiger partial charge in [0, 0.05) is 18.7 Å². The first-order valence-electron chi connectivity index (χ1n) is 5.82. The largest absolute Gasteiger partial charge is 0.494 e. The standard InChI is InChI=1S/C14H14N2O3/c1-9-2-4-10(5-3-9)8-15-14(19)11-6-12(17)16-13(18)7-11/h2-7H,8H2,1H3,(H,15,19)(H2,16,17,18). The van der Waals surface area contributed by atoms with Crippen LogP contribution in [0.15, 0.2) is 41.2 Å². The van der Waals surface area contributed by atoms with Crippen LogP contribution in [0.3, 0.4) is 0 Å². The van der Waals surface area contributed by atoms with Crippen LogP contribution in [0, 0.1) is 6.92 Å². The van der Waals surface area contributed by atoms with Gasteiger partial charge in [0.15, 0.2) is 5.88 Å². The number of aromatic nitrogens is 1. The molecule has 2 rings (SSSR count). The Morgan fingerprint density at radius 1 is 1.26 bits per heavy atom. The molecule has 5 heteroatoms. The molecule has 0 aliphatic rings. The van der Waals surface area contributed by atoms with E-state index in [0.29, 0.717) is 6.54 Å². The van der Waals surface area contributed by atoms with Crippen molar-refractivity contribution in [2.45, 2.75) is 13.5 Å². The Kier molecular flexibility index (Phi) is 3.66. The van der Waals surface area contributed by atoms with E-state index < -0.39 is 11.5 Å². The SMILES string of the molecule is Cc1ccc(CNC(=O)c2cc(O)[nH]c(=O)c2)cc1. The van der Waals surface area contributed by atoms with Crippen molar-refractivity contribution in [2.75, 3.05) is 0 Å². The Labute approximate surface area is 109 Å². The number of aromatic hydroxyl groups is 1. The van der Waals surface area contributed by atoms with Gasteiger partial charge in [-0.15, -0.1) is 0 Å². The monoisotopic (exact) mass is 258 g/mol. The van der Waals surface area contributed by atoms with Crippen LogP contribution >= 0.6 is 0 Å². The van der Waals surface area contributed by atoms with Crippen LogP contribution < -0.4 is 10.9 Å². The Morgan fingerprint density at radius 3 is 2.58 bits per heavy atom. The number of amides is 1. The Balaban J connectivity index is 2.05. The summed E-state index contributed by atoms with van der Waals surface area (Å²) < 4.78 is 0. The molecular formula is C14H14N2O3. The van der Waals surface area contributed by atoms with Gasteiger partial charge in [-0.25, -0.2) is 0 Å². The number of pyridine rings is 1. The smallest absolute Gasteiger partial charge is 0.251 e. The molecule has 1 aromatic carbocycles. The van der Waals surface area contributed by atoms with Crippen molar-refractivity contribution < 1.29 is 9.90 Å². The van der Waals surface area contributed by atoms with Gasteiger partial charge in [-0.05, 0) is 12.5 Å². The molecule has 1 heterocycles. The molecular weight excluding hydrogens is 244 g/mol. The van der Waals surface area contributed by atoms with Crippen molar-refractivity contribution >= 4 is 5.91 Å². The van der Waals surface area contributed by atoms with E-state index >= 15 is 0 Å². The van der Waals surface area contributed by atoms with E-state index in [4.69, 9.17) is 0 Å². The maximum Gasteiger partial charge on any atom is 0.251 e. The van der Waals surface area contributed by atoms with Gasteiger partial charge >= 0.3 is 0 Å². The number of carbonyl (C=O) groups excluding carboxylic acids is 1. The van der Waals surface area contributed by atoms with Gasteiger partial charge in [0.1, 0.15) is 0 Å². The van der Waals surface area contributed by atoms with Gasteiger partial charge in [-0.2, -0.15) is 0 Å². The number of aryl methyl sites for hydroxylation is 1. The number of aromatic amines is 1.